The summed E-state index contributed by atoms with van der Waals surface area (Å²) in [4.78, 5) is 11.0. The molecule has 5 nitrogen and oxygen atoms in total. The highest BCUT2D eigenvalue weighted by Gasteiger charge is 2.22. The molecule has 6 heteroatoms. The number of rotatable bonds is 4. The highest BCUT2D eigenvalue weighted by atomic mass is 28.4. The van der Waals surface area contributed by atoms with Gasteiger partial charge in [0.25, 0.3) is 0 Å². The van der Waals surface area contributed by atoms with Crippen molar-refractivity contribution in [2.75, 3.05) is 7.11 Å². The summed E-state index contributed by atoms with van der Waals surface area (Å²) in [6, 6.07) is 4.58. The van der Waals surface area contributed by atoms with Gasteiger partial charge >= 0.3 is 5.97 Å². The van der Waals surface area contributed by atoms with E-state index in [0.29, 0.717) is 5.75 Å². The second-order valence-electron chi connectivity index (χ2n) is 4.69. The van der Waals surface area contributed by atoms with E-state index in [4.69, 9.17) is 19.5 Å². The number of aromatic carboxylic acids is 1. The van der Waals surface area contributed by atoms with Crippen LogP contribution in [0.25, 0.3) is 0 Å². The Bertz CT molecular complexity index is 514. The van der Waals surface area contributed by atoms with Crippen LogP contribution in [-0.2, 0) is 0 Å². The largest absolute Gasteiger partial charge is 0.542 e. The molecule has 0 aromatic heterocycles. The first-order chi connectivity index (χ1) is 8.28. The molecule has 0 heterocycles. The average Bonchev–Trinajstić information content (AvgIpc) is 2.25. The van der Waals surface area contributed by atoms with Crippen LogP contribution >= 0.6 is 0 Å². The van der Waals surface area contributed by atoms with Gasteiger partial charge in [0, 0.05) is 0 Å². The molecule has 0 aliphatic rings. The highest BCUT2D eigenvalue weighted by molar-refractivity contribution is 6.70. The number of ether oxygens (including phenoxy) is 1. The third-order valence-corrected chi connectivity index (χ3v) is 2.87. The van der Waals surface area contributed by atoms with Crippen LogP contribution in [0, 0.1) is 11.3 Å². The second kappa shape index (κ2) is 5.10. The van der Waals surface area contributed by atoms with Gasteiger partial charge in [-0.1, -0.05) is 0 Å². The van der Waals surface area contributed by atoms with Crippen molar-refractivity contribution >= 4 is 14.3 Å². The summed E-state index contributed by atoms with van der Waals surface area (Å²) in [7, 11) is -0.497. The predicted octanol–water partition coefficient (Wildman–Crippen LogP) is 2.48. The van der Waals surface area contributed by atoms with Gasteiger partial charge in [-0.25, -0.2) is 4.79 Å². The zero-order chi connectivity index (χ0) is 13.9. The summed E-state index contributed by atoms with van der Waals surface area (Å²) in [5.41, 5.74) is 0.172. The van der Waals surface area contributed by atoms with Gasteiger partial charge in [0.05, 0.1) is 18.2 Å². The van der Waals surface area contributed by atoms with E-state index in [-0.39, 0.29) is 16.9 Å². The molecule has 0 amide bonds. The minimum Gasteiger partial charge on any atom is -0.542 e. The van der Waals surface area contributed by atoms with Gasteiger partial charge < -0.3 is 14.3 Å². The van der Waals surface area contributed by atoms with Crippen LogP contribution in [0.5, 0.6) is 11.5 Å². The maximum atomic E-state index is 11.0. The molecule has 0 radical (unpaired) electrons. The van der Waals surface area contributed by atoms with E-state index in [9.17, 15) is 4.79 Å². The van der Waals surface area contributed by atoms with Gasteiger partial charge in [-0.05, 0) is 31.8 Å². The Balaban J connectivity index is 3.42. The minimum atomic E-state index is -1.92. The zero-order valence-corrected chi connectivity index (χ0v) is 11.8. The minimum absolute atomic E-state index is 0.0144. The SMILES string of the molecule is COc1c(C#N)cc(C(=O)O)cc1O[Si](C)(C)C. The number of methoxy groups -OCH3 is 1. The lowest BCUT2D eigenvalue weighted by Crippen LogP contribution is -2.29. The fourth-order valence-corrected chi connectivity index (χ4v) is 2.24. The molecule has 0 aliphatic carbocycles. The number of nitriles is 1. The monoisotopic (exact) mass is 265 g/mol. The summed E-state index contributed by atoms with van der Waals surface area (Å²) in [5.74, 6) is -0.507. The summed E-state index contributed by atoms with van der Waals surface area (Å²) < 4.78 is 10.9. The molecular formula is C12H15NO4Si. The van der Waals surface area contributed by atoms with E-state index in [1.165, 1.54) is 19.2 Å². The van der Waals surface area contributed by atoms with Crippen LogP contribution in [-0.4, -0.2) is 26.5 Å². The average molecular weight is 265 g/mol. The highest BCUT2D eigenvalue weighted by Crippen LogP contribution is 2.34. The van der Waals surface area contributed by atoms with Crippen LogP contribution in [0.2, 0.25) is 19.6 Å². The predicted molar refractivity (Wildman–Crippen MR) is 68.6 cm³/mol. The van der Waals surface area contributed by atoms with Crippen LogP contribution in [0.1, 0.15) is 15.9 Å². The lowest BCUT2D eigenvalue weighted by atomic mass is 10.1. The van der Waals surface area contributed by atoms with Gasteiger partial charge in [-0.3, -0.25) is 0 Å². The fraction of sp³-hybridized carbons (Fsp3) is 0.333. The topological polar surface area (TPSA) is 79.5 Å². The Morgan fingerprint density at radius 1 is 1.39 bits per heavy atom. The van der Waals surface area contributed by atoms with Crippen LogP contribution in [0.3, 0.4) is 0 Å². The number of carboxylic acid groups (broad SMARTS) is 1. The number of nitrogens with zero attached hydrogens (tertiary/aromatic N) is 1. The van der Waals surface area contributed by atoms with E-state index < -0.39 is 14.3 Å². The maximum Gasteiger partial charge on any atom is 0.335 e. The Labute approximate surface area is 107 Å². The molecule has 0 atom stereocenters. The molecule has 1 aromatic rings. The van der Waals surface area contributed by atoms with Crippen molar-refractivity contribution in [2.24, 2.45) is 0 Å². The molecule has 0 fully saturated rings. The summed E-state index contributed by atoms with van der Waals surface area (Å²) >= 11 is 0. The molecule has 0 spiro atoms. The van der Waals surface area contributed by atoms with Crippen molar-refractivity contribution in [3.8, 4) is 17.6 Å². The van der Waals surface area contributed by atoms with Gasteiger partial charge in [0.15, 0.2) is 5.75 Å². The number of benzene rings is 1. The molecular weight excluding hydrogens is 250 g/mol. The third kappa shape index (κ3) is 3.24. The normalized spacial score (nSPS) is 10.6. The molecule has 0 unspecified atom stereocenters. The first-order valence-corrected chi connectivity index (χ1v) is 8.73. The van der Waals surface area contributed by atoms with Crippen LogP contribution < -0.4 is 9.16 Å². The number of carbonyl (C=O) groups is 1. The van der Waals surface area contributed by atoms with Crippen LogP contribution in [0.15, 0.2) is 12.1 Å². The van der Waals surface area contributed by atoms with Gasteiger partial charge in [-0.15, -0.1) is 0 Å². The molecule has 1 aromatic carbocycles. The molecule has 18 heavy (non-hydrogen) atoms. The Morgan fingerprint density at radius 2 is 2.00 bits per heavy atom. The van der Waals surface area contributed by atoms with E-state index in [1.54, 1.807) is 0 Å². The molecule has 0 bridgehead atoms. The number of hydrogen-bond donors (Lipinski definition) is 1. The molecule has 0 aliphatic heterocycles. The first kappa shape index (κ1) is 14.1. The molecule has 1 rings (SSSR count). The van der Waals surface area contributed by atoms with Gasteiger partial charge in [-0.2, -0.15) is 5.26 Å². The van der Waals surface area contributed by atoms with Gasteiger partial charge in [0.2, 0.25) is 8.32 Å². The molecule has 96 valence electrons. The quantitative estimate of drug-likeness (QED) is 0.846. The van der Waals surface area contributed by atoms with Crippen molar-refractivity contribution in [2.45, 2.75) is 19.6 Å². The zero-order valence-electron chi connectivity index (χ0n) is 10.8. The standard InChI is InChI=1S/C12H15NO4Si/c1-16-11-9(7-13)5-8(12(14)15)6-10(11)17-18(2,3)4/h5-6H,1-4H3,(H,14,15). The maximum absolute atomic E-state index is 11.0. The van der Waals surface area contributed by atoms with Gasteiger partial charge in [0.1, 0.15) is 11.8 Å². The number of hydrogen-bond acceptors (Lipinski definition) is 4. The molecule has 0 saturated carbocycles. The second-order valence-corrected chi connectivity index (χ2v) is 9.12. The van der Waals surface area contributed by atoms with Crippen molar-refractivity contribution < 1.29 is 19.1 Å². The summed E-state index contributed by atoms with van der Waals surface area (Å²) in [6.07, 6.45) is 0. The summed E-state index contributed by atoms with van der Waals surface area (Å²) in [5, 5.41) is 18.0. The van der Waals surface area contributed by atoms with Crippen molar-refractivity contribution in [3.63, 3.8) is 0 Å². The van der Waals surface area contributed by atoms with E-state index >= 15 is 0 Å². The van der Waals surface area contributed by atoms with E-state index in [2.05, 4.69) is 0 Å². The molecule has 1 N–H and O–H groups in total. The Kier molecular flexibility index (Phi) is 3.99. The lowest BCUT2D eigenvalue weighted by Gasteiger charge is -2.21. The Morgan fingerprint density at radius 3 is 2.39 bits per heavy atom. The first-order valence-electron chi connectivity index (χ1n) is 5.33. The van der Waals surface area contributed by atoms with Crippen LogP contribution in [0.4, 0.5) is 0 Å². The van der Waals surface area contributed by atoms with Crippen molar-refractivity contribution in [1.82, 2.24) is 0 Å². The number of carboxylic acids is 1. The summed E-state index contributed by atoms with van der Waals surface area (Å²) in [6.45, 7) is 5.89. The van der Waals surface area contributed by atoms with E-state index in [1.807, 2.05) is 25.7 Å². The van der Waals surface area contributed by atoms with E-state index in [0.717, 1.165) is 0 Å². The molecule has 0 saturated heterocycles. The lowest BCUT2D eigenvalue weighted by molar-refractivity contribution is 0.0696. The third-order valence-electron chi connectivity index (χ3n) is 2.04. The smallest absolute Gasteiger partial charge is 0.335 e. The van der Waals surface area contributed by atoms with Crippen molar-refractivity contribution in [1.29, 1.82) is 5.26 Å². The Hall–Kier alpha value is -2.00. The van der Waals surface area contributed by atoms with Crippen molar-refractivity contribution in [3.05, 3.63) is 23.3 Å². The fourth-order valence-electron chi connectivity index (χ4n) is 1.42.